The fraction of sp³-hybridized carbons (Fsp3) is 0.640. The lowest BCUT2D eigenvalue weighted by atomic mass is 9.87. The highest BCUT2D eigenvalue weighted by Gasteiger charge is 2.45. The first-order chi connectivity index (χ1) is 16.9. The molecule has 3 aliphatic rings. The van der Waals surface area contributed by atoms with Gasteiger partial charge in [0.15, 0.2) is 0 Å². The predicted octanol–water partition coefficient (Wildman–Crippen LogP) is 3.66. The van der Waals surface area contributed by atoms with Gasteiger partial charge in [-0.15, -0.1) is 5.10 Å². The molecule has 2 atom stereocenters. The van der Waals surface area contributed by atoms with Crippen LogP contribution in [0.3, 0.4) is 0 Å². The van der Waals surface area contributed by atoms with Crippen LogP contribution in [-0.2, 0) is 23.2 Å². The molecule has 0 bridgehead atoms. The predicted molar refractivity (Wildman–Crippen MR) is 125 cm³/mol. The molecule has 1 amide bonds. The number of pyridine rings is 1. The molecule has 1 N–H and O–H groups in total. The lowest BCUT2D eigenvalue weighted by molar-refractivity contribution is -0.143. The molecule has 0 radical (unpaired) electrons. The molecular formula is C25H33N5O5. The second-order valence-electron chi connectivity index (χ2n) is 10.2. The van der Waals surface area contributed by atoms with E-state index in [1.807, 2.05) is 7.05 Å². The number of rotatable bonds is 9. The van der Waals surface area contributed by atoms with E-state index >= 15 is 0 Å². The van der Waals surface area contributed by atoms with Crippen LogP contribution in [0, 0.1) is 17.8 Å². The molecule has 35 heavy (non-hydrogen) atoms. The Hall–Kier alpha value is -3.17. The minimum atomic E-state index is -0.760. The van der Waals surface area contributed by atoms with E-state index in [-0.39, 0.29) is 30.8 Å². The van der Waals surface area contributed by atoms with E-state index in [4.69, 9.17) is 9.47 Å². The van der Waals surface area contributed by atoms with Crippen molar-refractivity contribution in [3.63, 3.8) is 0 Å². The number of carbonyl (C=O) groups is 2. The van der Waals surface area contributed by atoms with Gasteiger partial charge in [0.2, 0.25) is 0 Å². The van der Waals surface area contributed by atoms with Crippen LogP contribution in [0.2, 0.25) is 0 Å². The van der Waals surface area contributed by atoms with Crippen molar-refractivity contribution in [3.05, 3.63) is 24.0 Å². The maximum atomic E-state index is 12.8. The number of nitrogens with zero attached hydrogens (tertiary/aromatic N) is 5. The summed E-state index contributed by atoms with van der Waals surface area (Å²) < 4.78 is 13.3. The monoisotopic (exact) mass is 483 g/mol. The van der Waals surface area contributed by atoms with E-state index < -0.39 is 5.97 Å². The largest absolute Gasteiger partial charge is 0.489 e. The van der Waals surface area contributed by atoms with Crippen molar-refractivity contribution in [1.82, 2.24) is 24.9 Å². The molecule has 2 heterocycles. The molecule has 3 saturated carbocycles. The van der Waals surface area contributed by atoms with E-state index in [9.17, 15) is 14.7 Å². The summed E-state index contributed by atoms with van der Waals surface area (Å²) in [6, 6.07) is 3.89. The Morgan fingerprint density at radius 3 is 2.54 bits per heavy atom. The van der Waals surface area contributed by atoms with Crippen LogP contribution in [0.15, 0.2) is 18.3 Å². The third kappa shape index (κ3) is 5.41. The quantitative estimate of drug-likeness (QED) is 0.574. The van der Waals surface area contributed by atoms with Gasteiger partial charge in [-0.25, -0.2) is 9.48 Å². The average Bonchev–Trinajstić information content (AvgIpc) is 3.79. The highest BCUT2D eigenvalue weighted by atomic mass is 16.6. The Morgan fingerprint density at radius 1 is 1.17 bits per heavy atom. The van der Waals surface area contributed by atoms with Crippen LogP contribution >= 0.6 is 0 Å². The van der Waals surface area contributed by atoms with Crippen molar-refractivity contribution in [2.75, 3.05) is 7.05 Å². The normalized spacial score (nSPS) is 22.1. The minimum Gasteiger partial charge on any atom is -0.489 e. The van der Waals surface area contributed by atoms with Gasteiger partial charge >= 0.3 is 12.1 Å². The zero-order valence-corrected chi connectivity index (χ0v) is 20.3. The number of hydrogen-bond donors (Lipinski definition) is 1. The number of amides is 1. The Morgan fingerprint density at radius 2 is 1.91 bits per heavy atom. The summed E-state index contributed by atoms with van der Waals surface area (Å²) in [5.74, 6) is 0.706. The van der Waals surface area contributed by atoms with E-state index in [2.05, 4.69) is 15.3 Å². The molecule has 2 aromatic rings. The van der Waals surface area contributed by atoms with Crippen molar-refractivity contribution >= 4 is 12.1 Å². The Bertz CT molecular complexity index is 1050. The zero-order valence-electron chi connectivity index (χ0n) is 20.3. The summed E-state index contributed by atoms with van der Waals surface area (Å²) in [5.41, 5.74) is 1.82. The van der Waals surface area contributed by atoms with Crippen LogP contribution in [0.25, 0.3) is 11.4 Å². The van der Waals surface area contributed by atoms with Crippen LogP contribution in [0.4, 0.5) is 4.79 Å². The molecule has 0 aromatic carbocycles. The number of aromatic nitrogens is 4. The molecule has 0 unspecified atom stereocenters. The first kappa shape index (κ1) is 23.6. The van der Waals surface area contributed by atoms with Gasteiger partial charge in [-0.05, 0) is 75.3 Å². The maximum absolute atomic E-state index is 12.8. The zero-order chi connectivity index (χ0) is 24.5. The number of ether oxygens (including phenoxy) is 2. The van der Waals surface area contributed by atoms with Gasteiger partial charge in [-0.2, -0.15) is 0 Å². The third-order valence-electron chi connectivity index (χ3n) is 7.48. The fourth-order valence-electron chi connectivity index (χ4n) is 5.24. The van der Waals surface area contributed by atoms with E-state index in [0.29, 0.717) is 47.5 Å². The fourth-order valence-corrected chi connectivity index (χ4v) is 5.24. The van der Waals surface area contributed by atoms with E-state index in [1.165, 1.54) is 25.7 Å². The topological polar surface area (TPSA) is 120 Å². The SMILES string of the molecule is CN(C(=O)OCc1c(-c2ccc(O[C@H]3CCC[C@H](C(=O)O)C3)cn2)nnn1C)C(C1CC1)C1CC1. The average molecular weight is 484 g/mol. The molecule has 10 nitrogen and oxygen atoms in total. The van der Waals surface area contributed by atoms with Crippen LogP contribution in [0.5, 0.6) is 5.75 Å². The number of aryl methyl sites for hydroxylation is 1. The molecule has 0 aliphatic heterocycles. The summed E-state index contributed by atoms with van der Waals surface area (Å²) in [7, 11) is 3.61. The minimum absolute atomic E-state index is 0.0582. The summed E-state index contributed by atoms with van der Waals surface area (Å²) in [5, 5.41) is 17.6. The second-order valence-corrected chi connectivity index (χ2v) is 10.2. The van der Waals surface area contributed by atoms with E-state index in [1.54, 1.807) is 35.0 Å². The van der Waals surface area contributed by atoms with Gasteiger partial charge in [0, 0.05) is 20.1 Å². The van der Waals surface area contributed by atoms with Gasteiger partial charge in [-0.3, -0.25) is 9.78 Å². The molecule has 10 heteroatoms. The lowest BCUT2D eigenvalue weighted by Crippen LogP contribution is -2.40. The summed E-state index contributed by atoms with van der Waals surface area (Å²) in [6.07, 6.45) is 8.84. The van der Waals surface area contributed by atoms with Crippen molar-refractivity contribution in [2.24, 2.45) is 24.8 Å². The Balaban J connectivity index is 1.21. The number of carbonyl (C=O) groups excluding carboxylic acids is 1. The van der Waals surface area contributed by atoms with Gasteiger partial charge in [0.1, 0.15) is 23.7 Å². The van der Waals surface area contributed by atoms with Gasteiger partial charge in [-0.1, -0.05) is 5.21 Å². The van der Waals surface area contributed by atoms with Gasteiger partial charge in [0.05, 0.1) is 23.9 Å². The summed E-state index contributed by atoms with van der Waals surface area (Å²) in [6.45, 7) is 0.0582. The van der Waals surface area contributed by atoms with Crippen molar-refractivity contribution in [3.8, 4) is 17.1 Å². The van der Waals surface area contributed by atoms with Crippen molar-refractivity contribution in [1.29, 1.82) is 0 Å². The van der Waals surface area contributed by atoms with Crippen LogP contribution in [-0.4, -0.2) is 61.2 Å². The van der Waals surface area contributed by atoms with Gasteiger partial charge < -0.3 is 19.5 Å². The number of hydrogen-bond acceptors (Lipinski definition) is 7. The van der Waals surface area contributed by atoms with E-state index in [0.717, 1.165) is 12.8 Å². The molecule has 0 spiro atoms. The molecule has 5 rings (SSSR count). The molecule has 188 valence electrons. The Labute approximate surface area is 204 Å². The van der Waals surface area contributed by atoms with Gasteiger partial charge in [0.25, 0.3) is 0 Å². The van der Waals surface area contributed by atoms with Crippen LogP contribution < -0.4 is 4.74 Å². The molecule has 0 saturated heterocycles. The summed E-state index contributed by atoms with van der Waals surface area (Å²) >= 11 is 0. The number of aliphatic carboxylic acids is 1. The third-order valence-corrected chi connectivity index (χ3v) is 7.48. The second kappa shape index (κ2) is 9.83. The number of carboxylic acids is 1. The highest BCUT2D eigenvalue weighted by molar-refractivity contribution is 5.70. The van der Waals surface area contributed by atoms with Crippen LogP contribution in [0.1, 0.15) is 57.1 Å². The Kier molecular flexibility index (Phi) is 6.62. The first-order valence-electron chi connectivity index (χ1n) is 12.5. The summed E-state index contributed by atoms with van der Waals surface area (Å²) in [4.78, 5) is 30.4. The lowest BCUT2D eigenvalue weighted by Gasteiger charge is -2.27. The number of carboxylic acid groups (broad SMARTS) is 1. The van der Waals surface area contributed by atoms with Crippen molar-refractivity contribution < 1.29 is 24.2 Å². The molecule has 2 aromatic heterocycles. The smallest absolute Gasteiger partial charge is 0.410 e. The molecular weight excluding hydrogens is 450 g/mol. The molecule has 3 fully saturated rings. The maximum Gasteiger partial charge on any atom is 0.410 e. The first-order valence-corrected chi connectivity index (χ1v) is 12.5. The molecule has 3 aliphatic carbocycles. The van der Waals surface area contributed by atoms with Crippen molar-refractivity contribution in [2.45, 2.75) is 70.1 Å². The standard InChI is InChI=1S/C25H33N5O5/c1-29(23(15-6-7-15)16-8-9-16)25(33)34-14-21-22(27-28-30(21)2)20-11-10-19(13-26-20)35-18-5-3-4-17(12-18)24(31)32/h10-11,13,15-18,23H,3-9,12,14H2,1-2H3,(H,31,32)/t17-,18-/m0/s1. The highest BCUT2D eigenvalue weighted by Crippen LogP contribution is 2.47.